The molecule has 0 spiro atoms. The third-order valence-corrected chi connectivity index (χ3v) is 6.21. The Morgan fingerprint density at radius 1 is 1.40 bits per heavy atom. The highest BCUT2D eigenvalue weighted by Gasteiger charge is 2.55. The van der Waals surface area contributed by atoms with Crippen LogP contribution in [0, 0.1) is 18.3 Å². The Balaban J connectivity index is 1.53. The summed E-state index contributed by atoms with van der Waals surface area (Å²) in [6, 6.07) is 7.92. The molecule has 1 saturated carbocycles. The van der Waals surface area contributed by atoms with Gasteiger partial charge in [-0.15, -0.1) is 0 Å². The van der Waals surface area contributed by atoms with Gasteiger partial charge >= 0.3 is 5.97 Å². The smallest absolute Gasteiger partial charge is 0.311 e. The highest BCUT2D eigenvalue weighted by Crippen LogP contribution is 2.49. The number of carbonyl (C=O) groups is 2. The zero-order chi connectivity index (χ0) is 18.0. The molecule has 2 fully saturated rings. The number of benzene rings is 1. The van der Waals surface area contributed by atoms with E-state index in [1.165, 1.54) is 11.1 Å². The normalized spacial score (nSPS) is 27.0. The van der Waals surface area contributed by atoms with E-state index in [1.54, 1.807) is 0 Å². The fraction of sp³-hybridized carbons (Fsp3) is 0.600. The molecule has 1 unspecified atom stereocenters. The summed E-state index contributed by atoms with van der Waals surface area (Å²) in [7, 11) is 0. The number of carbonyl (C=O) groups excluding carboxylic acids is 1. The number of rotatable bonds is 6. The van der Waals surface area contributed by atoms with E-state index >= 15 is 0 Å². The molecule has 0 bridgehead atoms. The number of aliphatic carboxylic acids is 1. The number of carboxylic acids is 1. The van der Waals surface area contributed by atoms with Crippen LogP contribution in [-0.2, 0) is 16.0 Å². The number of hydrogen-bond donors (Lipinski definition) is 2. The average molecular weight is 344 g/mol. The highest BCUT2D eigenvalue weighted by atomic mass is 16.4. The molecule has 1 aliphatic carbocycles. The van der Waals surface area contributed by atoms with Crippen LogP contribution in [0.1, 0.15) is 37.3 Å². The van der Waals surface area contributed by atoms with Gasteiger partial charge in [0, 0.05) is 19.6 Å². The lowest BCUT2D eigenvalue weighted by Gasteiger charge is -2.26. The minimum absolute atomic E-state index is 0.00547. The number of nitrogens with one attached hydrogen (secondary N) is 1. The van der Waals surface area contributed by atoms with E-state index in [0.717, 1.165) is 32.2 Å². The Bertz CT molecular complexity index is 660. The quantitative estimate of drug-likeness (QED) is 0.830. The van der Waals surface area contributed by atoms with Crippen molar-refractivity contribution in [2.75, 3.05) is 19.6 Å². The second-order valence-electron chi connectivity index (χ2n) is 7.62. The lowest BCUT2D eigenvalue weighted by atomic mass is 9.81. The Kier molecular flexibility index (Phi) is 5.13. The first-order valence-electron chi connectivity index (χ1n) is 9.24. The molecule has 2 N–H and O–H groups in total. The zero-order valence-corrected chi connectivity index (χ0v) is 15.1. The number of likely N-dealkylation sites (tertiary alicyclic amines) is 1. The fourth-order valence-corrected chi connectivity index (χ4v) is 4.50. The Morgan fingerprint density at radius 2 is 2.16 bits per heavy atom. The van der Waals surface area contributed by atoms with Gasteiger partial charge in [0.25, 0.3) is 0 Å². The summed E-state index contributed by atoms with van der Waals surface area (Å²) in [4.78, 5) is 26.3. The Morgan fingerprint density at radius 3 is 2.84 bits per heavy atom. The van der Waals surface area contributed by atoms with Gasteiger partial charge in [-0.3, -0.25) is 14.5 Å². The van der Waals surface area contributed by atoms with Crippen molar-refractivity contribution in [3.63, 3.8) is 0 Å². The molecule has 1 aromatic rings. The molecule has 1 amide bonds. The van der Waals surface area contributed by atoms with Crippen molar-refractivity contribution in [3.05, 3.63) is 35.4 Å². The maximum Gasteiger partial charge on any atom is 0.311 e. The second-order valence-corrected chi connectivity index (χ2v) is 7.62. The van der Waals surface area contributed by atoms with Crippen molar-refractivity contribution in [3.8, 4) is 0 Å². The van der Waals surface area contributed by atoms with Gasteiger partial charge in [0.1, 0.15) is 0 Å². The molecule has 1 aromatic carbocycles. The van der Waals surface area contributed by atoms with Crippen molar-refractivity contribution in [2.24, 2.45) is 11.3 Å². The van der Waals surface area contributed by atoms with Crippen molar-refractivity contribution < 1.29 is 14.7 Å². The van der Waals surface area contributed by atoms with Crippen LogP contribution in [0.5, 0.6) is 0 Å². The predicted octanol–water partition coefficient (Wildman–Crippen LogP) is 2.23. The van der Waals surface area contributed by atoms with Crippen LogP contribution in [0.25, 0.3) is 0 Å². The van der Waals surface area contributed by atoms with E-state index < -0.39 is 11.4 Å². The zero-order valence-electron chi connectivity index (χ0n) is 15.1. The number of carboxylic acid groups (broad SMARTS) is 1. The van der Waals surface area contributed by atoms with Gasteiger partial charge in [0.2, 0.25) is 5.91 Å². The molecule has 1 heterocycles. The summed E-state index contributed by atoms with van der Waals surface area (Å²) in [5.41, 5.74) is 1.85. The maximum atomic E-state index is 12.5. The van der Waals surface area contributed by atoms with E-state index in [9.17, 15) is 14.7 Å². The summed E-state index contributed by atoms with van der Waals surface area (Å²) >= 11 is 0. The lowest BCUT2D eigenvalue weighted by Crippen LogP contribution is -2.46. The van der Waals surface area contributed by atoms with Gasteiger partial charge in [-0.25, -0.2) is 0 Å². The Hall–Kier alpha value is -1.88. The number of fused-ring (bicyclic) bond motifs is 1. The lowest BCUT2D eigenvalue weighted by molar-refractivity contribution is -0.149. The fourth-order valence-electron chi connectivity index (χ4n) is 4.50. The molecule has 25 heavy (non-hydrogen) atoms. The predicted molar refractivity (Wildman–Crippen MR) is 96.3 cm³/mol. The number of hydrogen-bond acceptors (Lipinski definition) is 3. The molecule has 5 nitrogen and oxygen atoms in total. The first-order chi connectivity index (χ1) is 11.9. The van der Waals surface area contributed by atoms with Crippen LogP contribution in [0.2, 0.25) is 0 Å². The second kappa shape index (κ2) is 7.16. The van der Waals surface area contributed by atoms with Gasteiger partial charge in [0.05, 0.1) is 11.5 Å². The minimum atomic E-state index is -0.690. The van der Waals surface area contributed by atoms with E-state index in [1.807, 2.05) is 19.1 Å². The van der Waals surface area contributed by atoms with Crippen molar-refractivity contribution >= 4 is 11.9 Å². The number of aryl methyl sites for hydroxylation is 1. The molecule has 2 aliphatic rings. The van der Waals surface area contributed by atoms with Crippen LogP contribution in [0.15, 0.2) is 24.3 Å². The molecule has 3 rings (SSSR count). The summed E-state index contributed by atoms with van der Waals surface area (Å²) in [5.74, 6) is -0.508. The van der Waals surface area contributed by atoms with Crippen LogP contribution < -0.4 is 5.32 Å². The maximum absolute atomic E-state index is 12.5. The van der Waals surface area contributed by atoms with Gasteiger partial charge in [0.15, 0.2) is 0 Å². The van der Waals surface area contributed by atoms with Crippen molar-refractivity contribution in [1.82, 2.24) is 10.2 Å². The summed E-state index contributed by atoms with van der Waals surface area (Å²) < 4.78 is 0. The van der Waals surface area contributed by atoms with Gasteiger partial charge in [-0.05, 0) is 50.2 Å². The van der Waals surface area contributed by atoms with Crippen molar-refractivity contribution in [2.45, 2.75) is 45.6 Å². The van der Waals surface area contributed by atoms with Crippen LogP contribution >= 0.6 is 0 Å². The molecule has 0 aromatic heterocycles. The highest BCUT2D eigenvalue weighted by molar-refractivity contribution is 5.82. The van der Waals surface area contributed by atoms with E-state index in [4.69, 9.17) is 0 Å². The van der Waals surface area contributed by atoms with Crippen molar-refractivity contribution in [1.29, 1.82) is 0 Å². The van der Waals surface area contributed by atoms with Crippen LogP contribution in [-0.4, -0.2) is 47.6 Å². The van der Waals surface area contributed by atoms with Gasteiger partial charge < -0.3 is 10.4 Å². The minimum Gasteiger partial charge on any atom is -0.481 e. The molecule has 3 atom stereocenters. The first kappa shape index (κ1) is 17.9. The molecule has 0 radical (unpaired) electrons. The SMILES string of the molecule is Cc1ccccc1CCNC(=O)C(C)N1C[C@@H]2CCC[C@@]2(C(=O)O)C1. The summed E-state index contributed by atoms with van der Waals surface area (Å²) in [5, 5.41) is 12.7. The van der Waals surface area contributed by atoms with E-state index in [0.29, 0.717) is 13.1 Å². The standard InChI is InChI=1S/C20H28N2O3/c1-14-6-3-4-7-16(14)9-11-21-18(23)15(2)22-12-17-8-5-10-20(17,13-22)19(24)25/h3-4,6-7,15,17H,5,8-13H2,1-2H3,(H,21,23)(H,24,25)/t15?,17-,20+/m0/s1. The molecular weight excluding hydrogens is 316 g/mol. The van der Waals surface area contributed by atoms with Crippen LogP contribution in [0.3, 0.4) is 0 Å². The Labute approximate surface area is 149 Å². The third-order valence-electron chi connectivity index (χ3n) is 6.21. The van der Waals surface area contributed by atoms with Crippen LogP contribution in [0.4, 0.5) is 0 Å². The topological polar surface area (TPSA) is 69.6 Å². The largest absolute Gasteiger partial charge is 0.481 e. The first-order valence-corrected chi connectivity index (χ1v) is 9.24. The molecule has 1 saturated heterocycles. The molecule has 136 valence electrons. The van der Waals surface area contributed by atoms with E-state index in [-0.39, 0.29) is 17.9 Å². The third kappa shape index (κ3) is 3.43. The monoisotopic (exact) mass is 344 g/mol. The van der Waals surface area contributed by atoms with Gasteiger partial charge in [-0.1, -0.05) is 30.7 Å². The number of amides is 1. The van der Waals surface area contributed by atoms with Gasteiger partial charge in [-0.2, -0.15) is 0 Å². The summed E-state index contributed by atoms with van der Waals surface area (Å²) in [6.45, 7) is 5.79. The van der Waals surface area contributed by atoms with E-state index in [2.05, 4.69) is 29.3 Å². The summed E-state index contributed by atoms with van der Waals surface area (Å²) in [6.07, 6.45) is 3.50. The average Bonchev–Trinajstić information content (AvgIpc) is 3.14. The number of nitrogens with zero attached hydrogens (tertiary/aromatic N) is 1. The molecule has 5 heteroatoms. The molecular formula is C20H28N2O3. The molecule has 1 aliphatic heterocycles.